The summed E-state index contributed by atoms with van der Waals surface area (Å²) in [5, 5.41) is 9.60. The monoisotopic (exact) mass is 414 g/mol. The Morgan fingerprint density at radius 1 is 1.17 bits per heavy atom. The topological polar surface area (TPSA) is 60.2 Å². The van der Waals surface area contributed by atoms with Crippen molar-refractivity contribution >= 4 is 17.5 Å². The van der Waals surface area contributed by atoms with Crippen LogP contribution in [0.2, 0.25) is 5.02 Å². The van der Waals surface area contributed by atoms with Crippen LogP contribution in [0.1, 0.15) is 38.6 Å². The van der Waals surface area contributed by atoms with E-state index in [4.69, 9.17) is 16.3 Å². The average molecular weight is 415 g/mol. The molecule has 2 saturated carbocycles. The predicted octanol–water partition coefficient (Wildman–Crippen LogP) is 3.82. The summed E-state index contributed by atoms with van der Waals surface area (Å²) in [6.07, 6.45) is 6.69. The van der Waals surface area contributed by atoms with Crippen molar-refractivity contribution in [2.45, 2.75) is 44.8 Å². The molecule has 0 radical (unpaired) electrons. The molecule has 1 aliphatic heterocycles. The Labute approximate surface area is 176 Å². The van der Waals surface area contributed by atoms with E-state index in [9.17, 15) is 4.79 Å². The van der Waals surface area contributed by atoms with Crippen LogP contribution < -0.4 is 0 Å². The van der Waals surface area contributed by atoms with Gasteiger partial charge >= 0.3 is 0 Å². The van der Waals surface area contributed by atoms with Crippen LogP contribution in [0.5, 0.6) is 0 Å². The minimum absolute atomic E-state index is 0.128. The van der Waals surface area contributed by atoms with Crippen molar-refractivity contribution in [2.75, 3.05) is 19.7 Å². The maximum absolute atomic E-state index is 11.9. The molecule has 29 heavy (non-hydrogen) atoms. The van der Waals surface area contributed by atoms with Crippen LogP contribution in [-0.4, -0.2) is 51.6 Å². The fraction of sp³-hybridized carbons (Fsp3) is 0.591. The van der Waals surface area contributed by atoms with Gasteiger partial charge in [0.25, 0.3) is 0 Å². The lowest BCUT2D eigenvalue weighted by Gasteiger charge is -2.37. The summed E-state index contributed by atoms with van der Waals surface area (Å²) in [5.41, 5.74) is 1.86. The van der Waals surface area contributed by atoms with Gasteiger partial charge in [-0.25, -0.2) is 4.68 Å². The second-order valence-corrected chi connectivity index (χ2v) is 9.33. The predicted molar refractivity (Wildman–Crippen MR) is 110 cm³/mol. The number of ether oxygens (including phenoxy) is 1. The van der Waals surface area contributed by atoms with Crippen molar-refractivity contribution < 1.29 is 9.53 Å². The van der Waals surface area contributed by atoms with E-state index in [2.05, 4.69) is 10.3 Å². The second-order valence-electron chi connectivity index (χ2n) is 8.89. The van der Waals surface area contributed by atoms with E-state index in [0.29, 0.717) is 16.9 Å². The lowest BCUT2D eigenvalue weighted by atomic mass is 9.77. The van der Waals surface area contributed by atoms with Gasteiger partial charge in [-0.3, -0.25) is 4.79 Å². The number of aromatic nitrogens is 3. The van der Waals surface area contributed by atoms with Gasteiger partial charge in [0, 0.05) is 37.2 Å². The molecular formula is C22H27ClN4O2. The van der Waals surface area contributed by atoms with Gasteiger partial charge in [-0.1, -0.05) is 28.9 Å². The van der Waals surface area contributed by atoms with Crippen LogP contribution in [0, 0.1) is 17.8 Å². The highest BCUT2D eigenvalue weighted by Crippen LogP contribution is 2.43. The molecule has 3 aliphatic rings. The van der Waals surface area contributed by atoms with Gasteiger partial charge in [0.2, 0.25) is 5.91 Å². The number of benzene rings is 1. The first-order chi connectivity index (χ1) is 14.1. The van der Waals surface area contributed by atoms with E-state index in [0.717, 1.165) is 49.7 Å². The number of likely N-dealkylation sites (tertiary alicyclic amines) is 1. The van der Waals surface area contributed by atoms with Gasteiger partial charge in [-0.15, -0.1) is 5.10 Å². The van der Waals surface area contributed by atoms with Crippen molar-refractivity contribution in [2.24, 2.45) is 17.8 Å². The van der Waals surface area contributed by atoms with Gasteiger partial charge in [-0.2, -0.15) is 0 Å². The number of hydrogen-bond acceptors (Lipinski definition) is 4. The van der Waals surface area contributed by atoms with E-state index in [1.54, 1.807) is 6.92 Å². The number of carbonyl (C=O) groups is 1. The highest BCUT2D eigenvalue weighted by atomic mass is 35.5. The molecule has 0 unspecified atom stereocenters. The highest BCUT2D eigenvalue weighted by Gasteiger charge is 2.44. The summed E-state index contributed by atoms with van der Waals surface area (Å²) >= 11 is 6.01. The number of fused-ring (bicyclic) bond motifs is 1. The molecule has 1 aromatic carbocycles. The van der Waals surface area contributed by atoms with Gasteiger partial charge in [0.15, 0.2) is 0 Å². The molecule has 2 heterocycles. The van der Waals surface area contributed by atoms with Crippen molar-refractivity contribution in [1.82, 2.24) is 19.9 Å². The first kappa shape index (κ1) is 19.1. The molecule has 6 nitrogen and oxygen atoms in total. The third kappa shape index (κ3) is 4.05. The van der Waals surface area contributed by atoms with Crippen LogP contribution in [0.15, 0.2) is 30.5 Å². The normalized spacial score (nSPS) is 29.1. The fourth-order valence-corrected chi connectivity index (χ4v) is 4.97. The molecule has 7 heteroatoms. The highest BCUT2D eigenvalue weighted by molar-refractivity contribution is 6.30. The van der Waals surface area contributed by atoms with Crippen molar-refractivity contribution in [3.05, 3.63) is 35.5 Å². The molecule has 1 aromatic heterocycles. The smallest absolute Gasteiger partial charge is 0.219 e. The number of nitrogens with zero attached hydrogens (tertiary/aromatic N) is 4. The minimum Gasteiger partial charge on any atom is -0.376 e. The largest absolute Gasteiger partial charge is 0.376 e. The Morgan fingerprint density at radius 3 is 2.59 bits per heavy atom. The zero-order valence-electron chi connectivity index (χ0n) is 16.7. The van der Waals surface area contributed by atoms with Crippen molar-refractivity contribution in [3.8, 4) is 11.3 Å². The summed E-state index contributed by atoms with van der Waals surface area (Å²) in [6.45, 7) is 4.23. The molecule has 0 N–H and O–H groups in total. The Balaban J connectivity index is 1.37. The Morgan fingerprint density at radius 2 is 1.90 bits per heavy atom. The quantitative estimate of drug-likeness (QED) is 0.746. The molecule has 154 valence electrons. The van der Waals surface area contributed by atoms with Crippen LogP contribution in [-0.2, 0) is 9.53 Å². The lowest BCUT2D eigenvalue weighted by Crippen LogP contribution is -2.38. The van der Waals surface area contributed by atoms with Crippen molar-refractivity contribution in [3.63, 3.8) is 0 Å². The molecular weight excluding hydrogens is 388 g/mol. The Bertz CT molecular complexity index is 879. The maximum Gasteiger partial charge on any atom is 0.219 e. The van der Waals surface area contributed by atoms with E-state index < -0.39 is 0 Å². The van der Waals surface area contributed by atoms with E-state index in [-0.39, 0.29) is 18.1 Å². The van der Waals surface area contributed by atoms with Gasteiger partial charge < -0.3 is 9.64 Å². The van der Waals surface area contributed by atoms with Crippen molar-refractivity contribution in [1.29, 1.82) is 0 Å². The average Bonchev–Trinajstić information content (AvgIpc) is 3.24. The second kappa shape index (κ2) is 7.73. The van der Waals surface area contributed by atoms with Gasteiger partial charge in [-0.05, 0) is 55.6 Å². The number of hydrogen-bond donors (Lipinski definition) is 0. The number of rotatable bonds is 5. The molecule has 2 aromatic rings. The van der Waals surface area contributed by atoms with E-state index in [1.165, 1.54) is 12.8 Å². The summed E-state index contributed by atoms with van der Waals surface area (Å²) in [7, 11) is 0. The summed E-state index contributed by atoms with van der Waals surface area (Å²) < 4.78 is 8.39. The third-order valence-corrected chi connectivity index (χ3v) is 7.02. The molecule has 2 aliphatic carbocycles. The molecule has 0 spiro atoms. The molecule has 4 atom stereocenters. The van der Waals surface area contributed by atoms with E-state index in [1.807, 2.05) is 40.0 Å². The zero-order chi connectivity index (χ0) is 20.0. The summed E-state index contributed by atoms with van der Waals surface area (Å²) in [6, 6.07) is 7.84. The first-order valence-electron chi connectivity index (χ1n) is 10.6. The van der Waals surface area contributed by atoms with Crippen LogP contribution >= 0.6 is 11.6 Å². The third-order valence-electron chi connectivity index (χ3n) is 6.76. The lowest BCUT2D eigenvalue weighted by molar-refractivity contribution is -0.128. The van der Waals surface area contributed by atoms with Crippen LogP contribution in [0.3, 0.4) is 0 Å². The minimum atomic E-state index is 0.128. The first-order valence-corrected chi connectivity index (χ1v) is 11.0. The standard InChI is InChI=1S/C22H27ClN4O2/c1-14(28)26-10-17-8-21(22(9-18(17)11-26)29-13-15-2-3-15)27-12-20(24-25-27)16-4-6-19(23)7-5-16/h4-7,12,15,17-18,21-22H,2-3,8-11,13H2,1H3/t17-,18+,21-,22-/m1/s1. The maximum atomic E-state index is 11.9. The molecule has 3 fully saturated rings. The Kier molecular flexibility index (Phi) is 5.08. The molecule has 1 amide bonds. The van der Waals surface area contributed by atoms with Gasteiger partial charge in [0.1, 0.15) is 5.69 Å². The number of amides is 1. The SMILES string of the molecule is CC(=O)N1C[C@H]2C[C@@H](n3cc(-c4ccc(Cl)cc4)nn3)[C@H](OCC3CC3)C[C@H]2C1. The number of carbonyl (C=O) groups excluding carboxylic acids is 1. The Hall–Kier alpha value is -1.92. The zero-order valence-corrected chi connectivity index (χ0v) is 17.5. The summed E-state index contributed by atoms with van der Waals surface area (Å²) in [5.74, 6) is 1.94. The van der Waals surface area contributed by atoms with E-state index >= 15 is 0 Å². The van der Waals surface area contributed by atoms with Gasteiger partial charge in [0.05, 0.1) is 18.3 Å². The molecule has 1 saturated heterocycles. The summed E-state index contributed by atoms with van der Waals surface area (Å²) in [4.78, 5) is 13.9. The molecule has 0 bridgehead atoms. The fourth-order valence-electron chi connectivity index (χ4n) is 4.84. The van der Waals surface area contributed by atoms with Crippen LogP contribution in [0.25, 0.3) is 11.3 Å². The molecule has 5 rings (SSSR count). The number of halogens is 1. The van der Waals surface area contributed by atoms with Crippen LogP contribution in [0.4, 0.5) is 0 Å².